The minimum atomic E-state index is -3.92. The molecule has 1 atom stereocenters. The Kier molecular flexibility index (Phi) is 10.2. The molecule has 0 aromatic heterocycles. The first-order valence-corrected chi connectivity index (χ1v) is 14.8. The number of amides is 2. The largest absolute Gasteiger partial charge is 0.497 e. The van der Waals surface area contributed by atoms with Crippen LogP contribution in [0.4, 0.5) is 5.69 Å². The minimum Gasteiger partial charge on any atom is -0.497 e. The van der Waals surface area contributed by atoms with Crippen molar-refractivity contribution in [1.82, 2.24) is 19.4 Å². The van der Waals surface area contributed by atoms with Crippen LogP contribution in [-0.2, 0) is 26.2 Å². The number of rotatable bonds is 11. The number of carbonyl (C=O) groups is 2. The Labute approximate surface area is 238 Å². The Balaban J connectivity index is 1.54. The van der Waals surface area contributed by atoms with Crippen LogP contribution >= 0.6 is 0 Å². The number of ether oxygens (including phenoxy) is 1. The standard InChI is InChI=1S/C29H43N5O5S/c1-20-13-24(34-12-11-25(18-34)31(4)5)10-9-23(20)17-32(6)28(36)16-30-27(35)19-33(7)40(37,38)29-21(2)14-26(39-8)15-22(29)3/h9-10,13-15,25H,11-12,16-19H2,1-8H3,(H,30,35). The summed E-state index contributed by atoms with van der Waals surface area (Å²) in [5, 5.41) is 2.56. The van der Waals surface area contributed by atoms with E-state index >= 15 is 0 Å². The summed E-state index contributed by atoms with van der Waals surface area (Å²) in [6, 6.07) is 10.2. The number of likely N-dealkylation sites (N-methyl/N-ethyl adjacent to an activating group) is 3. The zero-order valence-electron chi connectivity index (χ0n) is 24.9. The predicted octanol–water partition coefficient (Wildman–Crippen LogP) is 2.16. The fourth-order valence-electron chi connectivity index (χ4n) is 5.04. The van der Waals surface area contributed by atoms with Crippen LogP contribution in [0.1, 0.15) is 28.7 Å². The Morgan fingerprint density at radius 2 is 1.68 bits per heavy atom. The highest BCUT2D eigenvalue weighted by Crippen LogP contribution is 2.28. The molecular weight excluding hydrogens is 530 g/mol. The Hall–Kier alpha value is -3.15. The molecule has 1 fully saturated rings. The molecule has 0 saturated carbocycles. The molecule has 0 aliphatic carbocycles. The maximum atomic E-state index is 13.2. The summed E-state index contributed by atoms with van der Waals surface area (Å²) in [5.74, 6) is -0.260. The van der Waals surface area contributed by atoms with Crippen LogP contribution in [-0.4, -0.2) is 102 Å². The maximum absolute atomic E-state index is 13.2. The van der Waals surface area contributed by atoms with Gasteiger partial charge in [-0.05, 0) is 87.8 Å². The van der Waals surface area contributed by atoms with Crippen LogP contribution in [0.5, 0.6) is 5.75 Å². The number of sulfonamides is 1. The first-order valence-electron chi connectivity index (χ1n) is 13.4. The molecule has 0 spiro atoms. The van der Waals surface area contributed by atoms with Crippen molar-refractivity contribution in [2.24, 2.45) is 0 Å². The summed E-state index contributed by atoms with van der Waals surface area (Å²) >= 11 is 0. The zero-order valence-corrected chi connectivity index (χ0v) is 25.8. The lowest BCUT2D eigenvalue weighted by molar-refractivity contribution is -0.132. The number of anilines is 1. The first-order chi connectivity index (χ1) is 18.7. The van der Waals surface area contributed by atoms with E-state index in [9.17, 15) is 18.0 Å². The highest BCUT2D eigenvalue weighted by atomic mass is 32.2. The highest BCUT2D eigenvalue weighted by molar-refractivity contribution is 7.89. The molecule has 3 rings (SSSR count). The highest BCUT2D eigenvalue weighted by Gasteiger charge is 2.28. The topological polar surface area (TPSA) is 102 Å². The number of nitrogens with zero attached hydrogens (tertiary/aromatic N) is 4. The fourth-order valence-corrected chi connectivity index (χ4v) is 6.57. The van der Waals surface area contributed by atoms with Gasteiger partial charge in [-0.2, -0.15) is 4.31 Å². The molecule has 1 aliphatic heterocycles. The molecule has 2 aromatic rings. The average Bonchev–Trinajstić information content (AvgIpc) is 3.38. The van der Waals surface area contributed by atoms with Crippen LogP contribution in [0.3, 0.4) is 0 Å². The molecule has 1 N–H and O–H groups in total. The average molecular weight is 574 g/mol. The van der Waals surface area contributed by atoms with E-state index in [2.05, 4.69) is 47.4 Å². The van der Waals surface area contributed by atoms with Crippen molar-refractivity contribution in [3.63, 3.8) is 0 Å². The van der Waals surface area contributed by atoms with Crippen molar-refractivity contribution in [2.45, 2.75) is 44.7 Å². The summed E-state index contributed by atoms with van der Waals surface area (Å²) in [4.78, 5) is 31.7. The predicted molar refractivity (Wildman–Crippen MR) is 157 cm³/mol. The van der Waals surface area contributed by atoms with E-state index in [0.717, 1.165) is 34.9 Å². The lowest BCUT2D eigenvalue weighted by Crippen LogP contribution is -2.43. The SMILES string of the molecule is COc1cc(C)c(S(=O)(=O)N(C)CC(=O)NCC(=O)N(C)Cc2ccc(N3CCC(N(C)C)C3)cc2C)c(C)c1. The number of benzene rings is 2. The van der Waals surface area contributed by atoms with Gasteiger partial charge in [0.25, 0.3) is 0 Å². The molecule has 0 radical (unpaired) electrons. The Morgan fingerprint density at radius 1 is 1.02 bits per heavy atom. The second-order valence-electron chi connectivity index (χ2n) is 10.8. The molecule has 1 aliphatic rings. The summed E-state index contributed by atoms with van der Waals surface area (Å²) in [7, 11) is 4.86. The Morgan fingerprint density at radius 3 is 2.23 bits per heavy atom. The summed E-state index contributed by atoms with van der Waals surface area (Å²) < 4.78 is 32.5. The fraction of sp³-hybridized carbons (Fsp3) is 0.517. The third kappa shape index (κ3) is 7.32. The third-order valence-electron chi connectivity index (χ3n) is 7.56. The zero-order chi connectivity index (χ0) is 29.8. The molecule has 220 valence electrons. The van der Waals surface area contributed by atoms with Crippen molar-refractivity contribution < 1.29 is 22.7 Å². The summed E-state index contributed by atoms with van der Waals surface area (Å²) in [6.07, 6.45) is 1.14. The monoisotopic (exact) mass is 573 g/mol. The molecule has 1 unspecified atom stereocenters. The van der Waals surface area contributed by atoms with Gasteiger partial charge in [0.2, 0.25) is 21.8 Å². The van der Waals surface area contributed by atoms with Gasteiger partial charge in [-0.3, -0.25) is 9.59 Å². The minimum absolute atomic E-state index is 0.142. The van der Waals surface area contributed by atoms with E-state index in [4.69, 9.17) is 4.74 Å². The van der Waals surface area contributed by atoms with Crippen LogP contribution in [0.25, 0.3) is 0 Å². The van der Waals surface area contributed by atoms with Crippen molar-refractivity contribution in [2.75, 3.05) is 66.4 Å². The van der Waals surface area contributed by atoms with E-state index in [0.29, 0.717) is 29.5 Å². The molecule has 1 heterocycles. The first kappa shape index (κ1) is 31.4. The molecule has 40 heavy (non-hydrogen) atoms. The van der Waals surface area contributed by atoms with Gasteiger partial charge in [0.1, 0.15) is 5.75 Å². The van der Waals surface area contributed by atoms with Gasteiger partial charge in [0.15, 0.2) is 0 Å². The van der Waals surface area contributed by atoms with Crippen LogP contribution < -0.4 is 15.0 Å². The maximum Gasteiger partial charge on any atom is 0.243 e. The van der Waals surface area contributed by atoms with Crippen molar-refractivity contribution in [3.05, 3.63) is 52.6 Å². The van der Waals surface area contributed by atoms with Gasteiger partial charge in [-0.25, -0.2) is 8.42 Å². The van der Waals surface area contributed by atoms with E-state index in [-0.39, 0.29) is 17.3 Å². The molecule has 1 saturated heterocycles. The van der Waals surface area contributed by atoms with E-state index in [1.165, 1.54) is 19.8 Å². The van der Waals surface area contributed by atoms with Gasteiger partial charge in [0, 0.05) is 45.5 Å². The van der Waals surface area contributed by atoms with E-state index in [1.807, 2.05) is 6.92 Å². The molecule has 2 amide bonds. The number of carbonyl (C=O) groups excluding carboxylic acids is 2. The van der Waals surface area contributed by atoms with Crippen LogP contribution in [0.15, 0.2) is 35.2 Å². The summed E-state index contributed by atoms with van der Waals surface area (Å²) in [6.45, 7) is 7.22. The quantitative estimate of drug-likeness (QED) is 0.440. The molecule has 10 nitrogen and oxygen atoms in total. The van der Waals surface area contributed by atoms with Gasteiger partial charge in [-0.15, -0.1) is 0 Å². The second kappa shape index (κ2) is 13.0. The van der Waals surface area contributed by atoms with Crippen molar-refractivity contribution in [3.8, 4) is 5.75 Å². The third-order valence-corrected chi connectivity index (χ3v) is 9.67. The molecule has 11 heteroatoms. The number of aryl methyl sites for hydroxylation is 3. The van der Waals surface area contributed by atoms with Gasteiger partial charge in [0.05, 0.1) is 25.1 Å². The van der Waals surface area contributed by atoms with Crippen LogP contribution in [0.2, 0.25) is 0 Å². The van der Waals surface area contributed by atoms with Crippen molar-refractivity contribution in [1.29, 1.82) is 0 Å². The number of hydrogen-bond donors (Lipinski definition) is 1. The van der Waals surface area contributed by atoms with E-state index in [1.54, 1.807) is 37.9 Å². The summed E-state index contributed by atoms with van der Waals surface area (Å²) in [5.41, 5.74) is 4.38. The van der Waals surface area contributed by atoms with E-state index < -0.39 is 22.5 Å². The lowest BCUT2D eigenvalue weighted by Gasteiger charge is -2.24. The molecule has 0 bridgehead atoms. The number of hydrogen-bond acceptors (Lipinski definition) is 7. The van der Waals surface area contributed by atoms with Crippen molar-refractivity contribution >= 4 is 27.5 Å². The smallest absolute Gasteiger partial charge is 0.243 e. The lowest BCUT2D eigenvalue weighted by atomic mass is 10.1. The van der Waals surface area contributed by atoms with Crippen LogP contribution in [0, 0.1) is 20.8 Å². The number of nitrogens with one attached hydrogen (secondary N) is 1. The number of methoxy groups -OCH3 is 1. The molecule has 2 aromatic carbocycles. The Bertz CT molecular complexity index is 1320. The van der Waals surface area contributed by atoms with Gasteiger partial charge < -0.3 is 24.8 Å². The molecular formula is C29H43N5O5S. The van der Waals surface area contributed by atoms with Gasteiger partial charge in [-0.1, -0.05) is 6.07 Å². The van der Waals surface area contributed by atoms with Gasteiger partial charge >= 0.3 is 0 Å². The second-order valence-corrected chi connectivity index (χ2v) is 12.8. The normalized spacial score (nSPS) is 15.6.